The number of urea groups is 1. The largest absolute Gasteiger partial charge is 0.497 e. The maximum Gasteiger partial charge on any atom is 0.338 e. The van der Waals surface area contributed by atoms with Crippen LogP contribution < -0.4 is 14.4 Å². The van der Waals surface area contributed by atoms with Crippen molar-refractivity contribution < 1.29 is 23.9 Å². The van der Waals surface area contributed by atoms with E-state index in [9.17, 15) is 14.4 Å². The van der Waals surface area contributed by atoms with Gasteiger partial charge in [0, 0.05) is 5.92 Å². The molecule has 0 saturated carbocycles. The Bertz CT molecular complexity index is 1600. The van der Waals surface area contributed by atoms with E-state index < -0.39 is 29.2 Å². The lowest BCUT2D eigenvalue weighted by atomic mass is 9.66. The molecule has 1 heterocycles. The van der Waals surface area contributed by atoms with E-state index >= 15 is 0 Å². The fourth-order valence-electron chi connectivity index (χ4n) is 6.28. The van der Waals surface area contributed by atoms with Crippen LogP contribution in [0.1, 0.15) is 36.0 Å². The van der Waals surface area contributed by atoms with Crippen molar-refractivity contribution in [2.75, 3.05) is 19.1 Å². The van der Waals surface area contributed by atoms with E-state index in [1.807, 2.05) is 67.6 Å². The van der Waals surface area contributed by atoms with E-state index in [-0.39, 0.29) is 13.0 Å². The van der Waals surface area contributed by atoms with Crippen LogP contribution in [0.3, 0.4) is 0 Å². The van der Waals surface area contributed by atoms with Crippen molar-refractivity contribution in [3.05, 3.63) is 114 Å². The number of carbonyl (C=O) groups excluding carboxylic acids is 3. The molecule has 1 saturated heterocycles. The molecule has 4 aromatic rings. The van der Waals surface area contributed by atoms with Gasteiger partial charge in [0.2, 0.25) is 5.91 Å². The maximum atomic E-state index is 14.8. The van der Waals surface area contributed by atoms with E-state index in [1.165, 1.54) is 4.90 Å². The van der Waals surface area contributed by atoms with Crippen molar-refractivity contribution >= 4 is 23.5 Å². The number of benzene rings is 4. The van der Waals surface area contributed by atoms with Gasteiger partial charge in [0.15, 0.2) is 0 Å². The van der Waals surface area contributed by atoms with Crippen LogP contribution in [0.25, 0.3) is 11.1 Å². The standard InChI is InChI=1S/C34H30N2O5/c1-4-34(30-28-11-7-5-9-26(28)27-10-6-8-12-29(27)30)31(37)35(21-22-13-17-24(40-2)18-14-22)33(39)36(32(34)38)23-15-19-25(41-3)20-16-23/h5-20,30H,4,21H2,1-3H3. The number of hydrogen-bond donors (Lipinski definition) is 0. The average Bonchev–Trinajstić information content (AvgIpc) is 3.35. The minimum atomic E-state index is -1.55. The van der Waals surface area contributed by atoms with Gasteiger partial charge in [0.05, 0.1) is 26.5 Å². The summed E-state index contributed by atoms with van der Waals surface area (Å²) in [6.45, 7) is 1.87. The molecule has 1 aliphatic carbocycles. The molecule has 6 rings (SSSR count). The molecule has 206 valence electrons. The summed E-state index contributed by atoms with van der Waals surface area (Å²) >= 11 is 0. The first kappa shape index (κ1) is 26.3. The highest BCUT2D eigenvalue weighted by Gasteiger charge is 2.62. The van der Waals surface area contributed by atoms with Crippen molar-refractivity contribution in [3.63, 3.8) is 0 Å². The van der Waals surface area contributed by atoms with Gasteiger partial charge in [0.1, 0.15) is 16.9 Å². The third kappa shape index (κ3) is 3.99. The summed E-state index contributed by atoms with van der Waals surface area (Å²) in [7, 11) is 3.14. The molecule has 1 fully saturated rings. The molecule has 7 nitrogen and oxygen atoms in total. The molecule has 0 radical (unpaired) electrons. The zero-order valence-electron chi connectivity index (χ0n) is 23.2. The van der Waals surface area contributed by atoms with E-state index in [0.717, 1.165) is 32.7 Å². The highest BCUT2D eigenvalue weighted by Crippen LogP contribution is 2.56. The van der Waals surface area contributed by atoms with Gasteiger partial charge >= 0.3 is 6.03 Å². The number of rotatable bonds is 7. The normalized spacial score (nSPS) is 18.4. The topological polar surface area (TPSA) is 76.2 Å². The van der Waals surface area contributed by atoms with E-state index in [1.54, 1.807) is 50.6 Å². The zero-order chi connectivity index (χ0) is 28.7. The van der Waals surface area contributed by atoms with Gasteiger partial charge in [-0.05, 0) is 70.6 Å². The third-order valence-electron chi connectivity index (χ3n) is 8.35. The van der Waals surface area contributed by atoms with Crippen molar-refractivity contribution in [2.24, 2.45) is 5.41 Å². The zero-order valence-corrected chi connectivity index (χ0v) is 23.2. The second-order valence-electron chi connectivity index (χ2n) is 10.3. The molecule has 0 bridgehead atoms. The molecule has 41 heavy (non-hydrogen) atoms. The van der Waals surface area contributed by atoms with Crippen LogP contribution in [0, 0.1) is 5.41 Å². The van der Waals surface area contributed by atoms with Crippen molar-refractivity contribution in [3.8, 4) is 22.6 Å². The number of hydrogen-bond acceptors (Lipinski definition) is 5. The summed E-state index contributed by atoms with van der Waals surface area (Å²) in [5, 5.41) is 0. The van der Waals surface area contributed by atoms with E-state index in [4.69, 9.17) is 9.47 Å². The Morgan fingerprint density at radius 3 is 1.71 bits per heavy atom. The molecule has 2 aliphatic rings. The predicted molar refractivity (Wildman–Crippen MR) is 156 cm³/mol. The lowest BCUT2D eigenvalue weighted by Gasteiger charge is -2.47. The summed E-state index contributed by atoms with van der Waals surface area (Å²) < 4.78 is 10.6. The Hall–Kier alpha value is -4.91. The van der Waals surface area contributed by atoms with Gasteiger partial charge in [-0.2, -0.15) is 0 Å². The first-order chi connectivity index (χ1) is 19.9. The van der Waals surface area contributed by atoms with Gasteiger partial charge < -0.3 is 9.47 Å². The second kappa shape index (κ2) is 10.2. The number of methoxy groups -OCH3 is 2. The number of nitrogens with zero attached hydrogens (tertiary/aromatic N) is 2. The smallest absolute Gasteiger partial charge is 0.338 e. The summed E-state index contributed by atoms with van der Waals surface area (Å²) in [6.07, 6.45) is 0.205. The SMILES string of the molecule is CCC1(C2c3ccccc3-c3ccccc32)C(=O)N(Cc2ccc(OC)cc2)C(=O)N(c2ccc(OC)cc2)C1=O. The lowest BCUT2D eigenvalue weighted by molar-refractivity contribution is -0.151. The number of amides is 4. The van der Waals surface area contributed by atoms with Gasteiger partial charge in [-0.15, -0.1) is 0 Å². The van der Waals surface area contributed by atoms with Gasteiger partial charge in [0.25, 0.3) is 5.91 Å². The molecule has 7 heteroatoms. The second-order valence-corrected chi connectivity index (χ2v) is 10.3. The number of anilines is 1. The Labute approximate surface area is 238 Å². The number of fused-ring (bicyclic) bond motifs is 3. The molecular weight excluding hydrogens is 516 g/mol. The minimum Gasteiger partial charge on any atom is -0.497 e. The van der Waals surface area contributed by atoms with Crippen LogP contribution in [-0.4, -0.2) is 37.0 Å². The molecular formula is C34H30N2O5. The fourth-order valence-corrected chi connectivity index (χ4v) is 6.28. The summed E-state index contributed by atoms with van der Waals surface area (Å²) in [5.74, 6) is -0.318. The Kier molecular flexibility index (Phi) is 6.58. The molecule has 4 amide bonds. The van der Waals surface area contributed by atoms with Gasteiger partial charge in [-0.1, -0.05) is 67.6 Å². The number of carbonyl (C=O) groups is 3. The molecule has 1 atom stereocenters. The third-order valence-corrected chi connectivity index (χ3v) is 8.35. The van der Waals surface area contributed by atoms with E-state index in [0.29, 0.717) is 17.2 Å². The molecule has 0 N–H and O–H groups in total. The summed E-state index contributed by atoms with van der Waals surface area (Å²) in [5.41, 5.74) is 3.38. The molecule has 0 aromatic heterocycles. The minimum absolute atomic E-state index is 0.0133. The number of imide groups is 2. The van der Waals surface area contributed by atoms with Crippen LogP contribution in [0.15, 0.2) is 97.1 Å². The molecule has 0 spiro atoms. The first-order valence-corrected chi connectivity index (χ1v) is 13.6. The maximum absolute atomic E-state index is 14.8. The highest BCUT2D eigenvalue weighted by atomic mass is 16.5. The average molecular weight is 547 g/mol. The van der Waals surface area contributed by atoms with Crippen LogP contribution in [0.5, 0.6) is 11.5 Å². The molecule has 4 aromatic carbocycles. The van der Waals surface area contributed by atoms with Gasteiger partial charge in [-0.3, -0.25) is 14.5 Å². The lowest BCUT2D eigenvalue weighted by Crippen LogP contribution is -2.66. The number of ether oxygens (including phenoxy) is 2. The monoisotopic (exact) mass is 546 g/mol. The Balaban J connectivity index is 1.54. The highest BCUT2D eigenvalue weighted by molar-refractivity contribution is 6.30. The predicted octanol–water partition coefficient (Wildman–Crippen LogP) is 6.41. The fraction of sp³-hybridized carbons (Fsp3) is 0.206. The van der Waals surface area contributed by atoms with Crippen LogP contribution >= 0.6 is 0 Å². The Morgan fingerprint density at radius 2 is 1.20 bits per heavy atom. The van der Waals surface area contributed by atoms with Crippen molar-refractivity contribution in [2.45, 2.75) is 25.8 Å². The van der Waals surface area contributed by atoms with E-state index in [2.05, 4.69) is 0 Å². The van der Waals surface area contributed by atoms with Crippen molar-refractivity contribution in [1.82, 2.24) is 4.90 Å². The summed E-state index contributed by atoms with van der Waals surface area (Å²) in [6, 6.07) is 29.1. The van der Waals surface area contributed by atoms with Gasteiger partial charge in [-0.25, -0.2) is 9.69 Å². The first-order valence-electron chi connectivity index (χ1n) is 13.6. The Morgan fingerprint density at radius 1 is 0.683 bits per heavy atom. The molecule has 1 unspecified atom stereocenters. The number of barbiturate groups is 1. The molecule has 1 aliphatic heterocycles. The summed E-state index contributed by atoms with van der Waals surface area (Å²) in [4.78, 5) is 46.0. The van der Waals surface area contributed by atoms with Crippen LogP contribution in [0.4, 0.5) is 10.5 Å². The van der Waals surface area contributed by atoms with Crippen LogP contribution in [0.2, 0.25) is 0 Å². The van der Waals surface area contributed by atoms with Crippen LogP contribution in [-0.2, 0) is 16.1 Å². The van der Waals surface area contributed by atoms with Crippen molar-refractivity contribution in [1.29, 1.82) is 0 Å². The quantitative estimate of drug-likeness (QED) is 0.251.